The molecule has 0 amide bonds. The molecule has 2 rings (SSSR count). The Kier molecular flexibility index (Phi) is 1.53. The number of hydrogen-bond acceptors (Lipinski definition) is 2. The van der Waals surface area contributed by atoms with Gasteiger partial charge in [0.25, 0.3) is 0 Å². The van der Waals surface area contributed by atoms with Gasteiger partial charge in [0, 0.05) is 0 Å². The average molecular weight is 154 g/mol. The molecule has 0 radical (unpaired) electrons. The fraction of sp³-hybridized carbons (Fsp3) is 0.889. The van der Waals surface area contributed by atoms with E-state index in [1.807, 2.05) is 0 Å². The van der Waals surface area contributed by atoms with Gasteiger partial charge in [-0.2, -0.15) is 0 Å². The maximum Gasteiger partial charge on any atom is 0.128 e. The monoisotopic (exact) mass is 154 g/mol. The quantitative estimate of drug-likeness (QED) is 0.602. The predicted octanol–water partition coefficient (Wildman–Crippen LogP) is 0.984. The highest BCUT2D eigenvalue weighted by atomic mass is 16.3. The Morgan fingerprint density at radius 1 is 1.55 bits per heavy atom. The Hall–Kier alpha value is -0.370. The lowest BCUT2D eigenvalue weighted by Crippen LogP contribution is -2.33. The van der Waals surface area contributed by atoms with E-state index in [-0.39, 0.29) is 12.0 Å². The number of rotatable bonds is 2. The van der Waals surface area contributed by atoms with E-state index in [2.05, 4.69) is 0 Å². The molecule has 3 atom stereocenters. The molecule has 62 valence electrons. The fourth-order valence-electron chi connectivity index (χ4n) is 2.86. The van der Waals surface area contributed by atoms with Gasteiger partial charge in [-0.15, -0.1) is 0 Å². The minimum atomic E-state index is -0.330. The molecule has 2 saturated carbocycles. The molecule has 3 unspecified atom stereocenters. The summed E-state index contributed by atoms with van der Waals surface area (Å²) >= 11 is 0. The van der Waals surface area contributed by atoms with Crippen molar-refractivity contribution in [1.82, 2.24) is 0 Å². The first-order valence-electron chi connectivity index (χ1n) is 4.38. The van der Waals surface area contributed by atoms with Crippen molar-refractivity contribution < 1.29 is 9.90 Å². The van der Waals surface area contributed by atoms with Gasteiger partial charge in [-0.1, -0.05) is 6.42 Å². The Bertz CT molecular complexity index is 178. The molecule has 11 heavy (non-hydrogen) atoms. The van der Waals surface area contributed by atoms with Gasteiger partial charge in [0.1, 0.15) is 6.29 Å². The molecule has 2 nitrogen and oxygen atoms in total. The minimum absolute atomic E-state index is 0.0671. The molecule has 0 aromatic rings. The van der Waals surface area contributed by atoms with E-state index in [4.69, 9.17) is 5.11 Å². The van der Waals surface area contributed by atoms with Crippen molar-refractivity contribution in [2.24, 2.45) is 17.3 Å². The Morgan fingerprint density at radius 3 is 2.64 bits per heavy atom. The van der Waals surface area contributed by atoms with Crippen LogP contribution in [-0.4, -0.2) is 18.0 Å². The first kappa shape index (κ1) is 7.29. The van der Waals surface area contributed by atoms with E-state index in [9.17, 15) is 4.79 Å². The Balaban J connectivity index is 2.20. The van der Waals surface area contributed by atoms with Crippen molar-refractivity contribution in [3.8, 4) is 0 Å². The number of fused-ring (bicyclic) bond motifs is 2. The SMILES string of the molecule is O=CC1(CO)CC2CCC1C2. The van der Waals surface area contributed by atoms with Crippen molar-refractivity contribution >= 4 is 6.29 Å². The van der Waals surface area contributed by atoms with Crippen LogP contribution in [0.2, 0.25) is 0 Å². The first-order valence-corrected chi connectivity index (χ1v) is 4.38. The topological polar surface area (TPSA) is 37.3 Å². The third-order valence-corrected chi connectivity index (χ3v) is 3.55. The third kappa shape index (κ3) is 0.853. The lowest BCUT2D eigenvalue weighted by atomic mass is 9.75. The van der Waals surface area contributed by atoms with Crippen molar-refractivity contribution in [3.63, 3.8) is 0 Å². The zero-order chi connectivity index (χ0) is 7.90. The molecule has 2 heteroatoms. The smallest absolute Gasteiger partial charge is 0.128 e. The maximum atomic E-state index is 10.8. The summed E-state index contributed by atoms with van der Waals surface area (Å²) in [7, 11) is 0. The largest absolute Gasteiger partial charge is 0.395 e. The van der Waals surface area contributed by atoms with Gasteiger partial charge in [-0.05, 0) is 31.1 Å². The summed E-state index contributed by atoms with van der Waals surface area (Å²) in [5.74, 6) is 1.23. The highest BCUT2D eigenvalue weighted by molar-refractivity contribution is 5.61. The number of aliphatic hydroxyl groups is 1. The van der Waals surface area contributed by atoms with E-state index in [0.29, 0.717) is 5.92 Å². The van der Waals surface area contributed by atoms with Crippen LogP contribution in [0, 0.1) is 17.3 Å². The van der Waals surface area contributed by atoms with Gasteiger partial charge < -0.3 is 9.90 Å². The summed E-state index contributed by atoms with van der Waals surface area (Å²) in [4.78, 5) is 10.8. The summed E-state index contributed by atoms with van der Waals surface area (Å²) in [6.45, 7) is 0.0671. The lowest BCUT2D eigenvalue weighted by molar-refractivity contribution is -0.121. The van der Waals surface area contributed by atoms with E-state index in [0.717, 1.165) is 25.0 Å². The number of aldehydes is 1. The molecule has 0 spiro atoms. The number of carbonyl (C=O) groups is 1. The highest BCUT2D eigenvalue weighted by Crippen LogP contribution is 2.54. The molecule has 0 aromatic heterocycles. The fourth-order valence-corrected chi connectivity index (χ4v) is 2.86. The summed E-state index contributed by atoms with van der Waals surface area (Å²) < 4.78 is 0. The highest BCUT2D eigenvalue weighted by Gasteiger charge is 2.50. The second-order valence-electron chi connectivity index (χ2n) is 4.09. The molecule has 2 aliphatic carbocycles. The van der Waals surface area contributed by atoms with Crippen LogP contribution < -0.4 is 0 Å². The normalized spacial score (nSPS) is 48.1. The Labute approximate surface area is 66.6 Å². The molecule has 2 bridgehead atoms. The molecule has 0 aliphatic heterocycles. The maximum absolute atomic E-state index is 10.8. The first-order chi connectivity index (χ1) is 5.30. The number of carbonyl (C=O) groups excluding carboxylic acids is 1. The molecule has 1 N–H and O–H groups in total. The van der Waals surface area contributed by atoms with Crippen molar-refractivity contribution in [1.29, 1.82) is 0 Å². The van der Waals surface area contributed by atoms with Crippen LogP contribution >= 0.6 is 0 Å². The minimum Gasteiger partial charge on any atom is -0.395 e. The van der Waals surface area contributed by atoms with Crippen LogP contribution in [0.25, 0.3) is 0 Å². The molecule has 2 fully saturated rings. The van der Waals surface area contributed by atoms with Crippen LogP contribution in [-0.2, 0) is 4.79 Å². The van der Waals surface area contributed by atoms with E-state index in [1.54, 1.807) is 0 Å². The summed E-state index contributed by atoms with van der Waals surface area (Å²) in [5.41, 5.74) is -0.330. The van der Waals surface area contributed by atoms with E-state index >= 15 is 0 Å². The van der Waals surface area contributed by atoms with Gasteiger partial charge in [-0.3, -0.25) is 0 Å². The molecule has 2 aliphatic rings. The van der Waals surface area contributed by atoms with Crippen LogP contribution in [0.3, 0.4) is 0 Å². The molecular formula is C9H14O2. The average Bonchev–Trinajstić information content (AvgIpc) is 2.62. The standard InChI is InChI=1S/C9H14O2/c10-5-9(6-11)4-7-1-2-8(9)3-7/h5,7-8,11H,1-4,6H2. The van der Waals surface area contributed by atoms with Gasteiger partial charge in [0.05, 0.1) is 12.0 Å². The zero-order valence-corrected chi connectivity index (χ0v) is 6.62. The van der Waals surface area contributed by atoms with Gasteiger partial charge in [0.2, 0.25) is 0 Å². The third-order valence-electron chi connectivity index (χ3n) is 3.55. The summed E-state index contributed by atoms with van der Waals surface area (Å²) in [6.07, 6.45) is 5.55. The van der Waals surface area contributed by atoms with Crippen molar-refractivity contribution in [2.75, 3.05) is 6.61 Å². The number of aliphatic hydroxyl groups excluding tert-OH is 1. The molecular weight excluding hydrogens is 140 g/mol. The molecule has 0 aromatic carbocycles. The molecule has 0 saturated heterocycles. The van der Waals surface area contributed by atoms with Gasteiger partial charge in [-0.25, -0.2) is 0 Å². The summed E-state index contributed by atoms with van der Waals surface area (Å²) in [5, 5.41) is 9.11. The van der Waals surface area contributed by atoms with Crippen LogP contribution in [0.15, 0.2) is 0 Å². The van der Waals surface area contributed by atoms with Crippen LogP contribution in [0.5, 0.6) is 0 Å². The van der Waals surface area contributed by atoms with Crippen LogP contribution in [0.1, 0.15) is 25.7 Å². The van der Waals surface area contributed by atoms with Crippen molar-refractivity contribution in [2.45, 2.75) is 25.7 Å². The second kappa shape index (κ2) is 2.31. The van der Waals surface area contributed by atoms with E-state index < -0.39 is 0 Å². The number of hydrogen-bond donors (Lipinski definition) is 1. The van der Waals surface area contributed by atoms with Crippen molar-refractivity contribution in [3.05, 3.63) is 0 Å². The van der Waals surface area contributed by atoms with Gasteiger partial charge in [0.15, 0.2) is 0 Å². The Morgan fingerprint density at radius 2 is 2.36 bits per heavy atom. The van der Waals surface area contributed by atoms with Crippen LogP contribution in [0.4, 0.5) is 0 Å². The zero-order valence-electron chi connectivity index (χ0n) is 6.62. The predicted molar refractivity (Wildman–Crippen MR) is 41.0 cm³/mol. The van der Waals surface area contributed by atoms with E-state index in [1.165, 1.54) is 12.8 Å². The summed E-state index contributed by atoms with van der Waals surface area (Å²) in [6, 6.07) is 0. The lowest BCUT2D eigenvalue weighted by Gasteiger charge is -2.29. The second-order valence-corrected chi connectivity index (χ2v) is 4.09. The van der Waals surface area contributed by atoms with Gasteiger partial charge >= 0.3 is 0 Å². The molecule has 0 heterocycles.